The van der Waals surface area contributed by atoms with Gasteiger partial charge in [0.05, 0.1) is 5.38 Å². The molecule has 0 N–H and O–H groups in total. The molecule has 3 heteroatoms. The highest BCUT2D eigenvalue weighted by Gasteiger charge is 2.31. The zero-order valence-electron chi connectivity index (χ0n) is 9.09. The van der Waals surface area contributed by atoms with E-state index in [9.17, 15) is 0 Å². The highest BCUT2D eigenvalue weighted by atomic mass is 79.9. The third-order valence-corrected chi connectivity index (χ3v) is 6.36. The van der Waals surface area contributed by atoms with Crippen molar-refractivity contribution in [2.75, 3.05) is 0 Å². The predicted octanol–water partition coefficient (Wildman–Crippen LogP) is 5.54. The molecule has 0 saturated heterocycles. The fraction of sp³-hybridized carbons (Fsp3) is 0.667. The summed E-state index contributed by atoms with van der Waals surface area (Å²) in [4.78, 5) is 2.67. The van der Waals surface area contributed by atoms with Crippen LogP contribution in [0.2, 0.25) is 0 Å². The number of hydrogen-bond donors (Lipinski definition) is 0. The molecule has 1 aliphatic rings. The zero-order chi connectivity index (χ0) is 11.0. The largest absolute Gasteiger partial charge is 0.143 e. The third kappa shape index (κ3) is 2.42. The van der Waals surface area contributed by atoms with E-state index in [-0.39, 0.29) is 5.38 Å². The van der Waals surface area contributed by atoms with Gasteiger partial charge in [-0.1, -0.05) is 19.8 Å². The molecule has 0 aliphatic heterocycles. The van der Waals surface area contributed by atoms with E-state index in [4.69, 9.17) is 11.6 Å². The average Bonchev–Trinajstić information content (AvgIpc) is 2.74. The minimum Gasteiger partial charge on any atom is -0.143 e. The molecule has 0 spiro atoms. The smallest absolute Gasteiger partial charge is 0.0709 e. The minimum absolute atomic E-state index is 0.220. The van der Waals surface area contributed by atoms with Crippen molar-refractivity contribution in [2.24, 2.45) is 11.8 Å². The molecule has 1 heterocycles. The third-order valence-electron chi connectivity index (χ3n) is 3.45. The molecule has 1 saturated carbocycles. The van der Waals surface area contributed by atoms with E-state index in [0.29, 0.717) is 5.92 Å². The summed E-state index contributed by atoms with van der Waals surface area (Å²) in [5.74, 6) is 1.46. The van der Waals surface area contributed by atoms with Crippen molar-refractivity contribution in [2.45, 2.75) is 38.5 Å². The Morgan fingerprint density at radius 2 is 2.27 bits per heavy atom. The van der Waals surface area contributed by atoms with E-state index in [2.05, 4.69) is 35.8 Å². The lowest BCUT2D eigenvalue weighted by molar-refractivity contribution is 0.408. The first kappa shape index (κ1) is 11.9. The first-order chi connectivity index (χ1) is 7.09. The van der Waals surface area contributed by atoms with Crippen molar-refractivity contribution < 1.29 is 0 Å². The first-order valence-corrected chi connectivity index (χ1v) is 7.54. The summed E-state index contributed by atoms with van der Waals surface area (Å²) >= 11 is 12.0. The first-order valence-electron chi connectivity index (χ1n) is 5.49. The molecule has 15 heavy (non-hydrogen) atoms. The van der Waals surface area contributed by atoms with E-state index >= 15 is 0 Å². The summed E-state index contributed by atoms with van der Waals surface area (Å²) in [5, 5.41) is 0.220. The second kappa shape index (κ2) is 4.77. The van der Waals surface area contributed by atoms with Gasteiger partial charge in [-0.15, -0.1) is 22.9 Å². The summed E-state index contributed by atoms with van der Waals surface area (Å²) in [6, 6.07) is 2.20. The highest BCUT2D eigenvalue weighted by molar-refractivity contribution is 9.10. The maximum atomic E-state index is 6.58. The Hall–Kier alpha value is 0.470. The number of thiophene rings is 1. The number of alkyl halides is 1. The van der Waals surface area contributed by atoms with Gasteiger partial charge in [0.15, 0.2) is 0 Å². The summed E-state index contributed by atoms with van der Waals surface area (Å²) < 4.78 is 1.21. The van der Waals surface area contributed by atoms with Crippen LogP contribution in [0.25, 0.3) is 0 Å². The van der Waals surface area contributed by atoms with Gasteiger partial charge < -0.3 is 0 Å². The SMILES string of the molecule is Cc1sc(C(Cl)C2CCCC2C)cc1Br. The minimum atomic E-state index is 0.220. The average molecular weight is 308 g/mol. The lowest BCUT2D eigenvalue weighted by Crippen LogP contribution is -2.09. The van der Waals surface area contributed by atoms with Crippen molar-refractivity contribution in [3.05, 3.63) is 20.3 Å². The van der Waals surface area contributed by atoms with Gasteiger partial charge in [-0.25, -0.2) is 0 Å². The van der Waals surface area contributed by atoms with Crippen LogP contribution in [0.4, 0.5) is 0 Å². The number of aryl methyl sites for hydroxylation is 1. The highest BCUT2D eigenvalue weighted by Crippen LogP contribution is 2.46. The molecular formula is C12H16BrClS. The molecule has 0 aromatic carbocycles. The normalized spacial score (nSPS) is 28.3. The predicted molar refractivity (Wildman–Crippen MR) is 71.9 cm³/mol. The topological polar surface area (TPSA) is 0 Å². The van der Waals surface area contributed by atoms with Crippen LogP contribution in [0.1, 0.15) is 41.3 Å². The van der Waals surface area contributed by atoms with Crippen LogP contribution in [-0.2, 0) is 0 Å². The van der Waals surface area contributed by atoms with E-state index in [1.807, 2.05) is 11.3 Å². The van der Waals surface area contributed by atoms with Crippen LogP contribution >= 0.6 is 38.9 Å². The molecule has 0 radical (unpaired) electrons. The van der Waals surface area contributed by atoms with Gasteiger partial charge in [0.2, 0.25) is 0 Å². The maximum Gasteiger partial charge on any atom is 0.0709 e. The van der Waals surface area contributed by atoms with Gasteiger partial charge >= 0.3 is 0 Å². The fourth-order valence-corrected chi connectivity index (χ4v) is 4.62. The molecule has 1 aromatic rings. The van der Waals surface area contributed by atoms with Crippen LogP contribution in [0.15, 0.2) is 10.5 Å². The van der Waals surface area contributed by atoms with E-state index in [0.717, 1.165) is 5.92 Å². The van der Waals surface area contributed by atoms with Crippen LogP contribution in [-0.4, -0.2) is 0 Å². The molecule has 3 atom stereocenters. The van der Waals surface area contributed by atoms with E-state index in [1.54, 1.807) is 0 Å². The summed E-state index contributed by atoms with van der Waals surface area (Å²) in [5.41, 5.74) is 0. The zero-order valence-corrected chi connectivity index (χ0v) is 12.3. The Bertz CT molecular complexity index is 328. The van der Waals surface area contributed by atoms with Crippen molar-refractivity contribution >= 4 is 38.9 Å². The standard InChI is InChI=1S/C12H16BrClS/c1-7-4-3-5-9(7)12(14)11-6-10(13)8(2)15-11/h6-7,9,12H,3-5H2,1-2H3. The lowest BCUT2D eigenvalue weighted by Gasteiger charge is -2.20. The van der Waals surface area contributed by atoms with Crippen LogP contribution < -0.4 is 0 Å². The molecule has 3 unspecified atom stereocenters. The second-order valence-electron chi connectivity index (χ2n) is 4.53. The molecule has 0 nitrogen and oxygen atoms in total. The van der Waals surface area contributed by atoms with Crippen LogP contribution in [0.3, 0.4) is 0 Å². The molecule has 1 fully saturated rings. The molecule has 0 bridgehead atoms. The van der Waals surface area contributed by atoms with Gasteiger partial charge in [0, 0.05) is 14.2 Å². The van der Waals surface area contributed by atoms with Crippen molar-refractivity contribution in [1.82, 2.24) is 0 Å². The van der Waals surface area contributed by atoms with E-state index in [1.165, 1.54) is 33.5 Å². The fourth-order valence-electron chi connectivity index (χ4n) is 2.44. The van der Waals surface area contributed by atoms with Gasteiger partial charge in [-0.3, -0.25) is 0 Å². The molecule has 2 rings (SSSR count). The van der Waals surface area contributed by atoms with E-state index < -0.39 is 0 Å². The molecule has 1 aromatic heterocycles. The number of hydrogen-bond acceptors (Lipinski definition) is 1. The lowest BCUT2D eigenvalue weighted by atomic mass is 9.93. The Kier molecular flexibility index (Phi) is 3.79. The molecular weight excluding hydrogens is 292 g/mol. The molecule has 0 amide bonds. The summed E-state index contributed by atoms with van der Waals surface area (Å²) in [6.07, 6.45) is 3.99. The second-order valence-corrected chi connectivity index (χ2v) is 7.14. The van der Waals surface area contributed by atoms with Gasteiger partial charge in [0.1, 0.15) is 0 Å². The number of rotatable bonds is 2. The quantitative estimate of drug-likeness (QED) is 0.630. The maximum absolute atomic E-state index is 6.58. The van der Waals surface area contributed by atoms with Crippen LogP contribution in [0, 0.1) is 18.8 Å². The molecule has 1 aliphatic carbocycles. The Morgan fingerprint density at radius 1 is 1.53 bits per heavy atom. The van der Waals surface area contributed by atoms with Crippen molar-refractivity contribution in [1.29, 1.82) is 0 Å². The Morgan fingerprint density at radius 3 is 2.73 bits per heavy atom. The monoisotopic (exact) mass is 306 g/mol. The van der Waals surface area contributed by atoms with Gasteiger partial charge in [-0.05, 0) is 47.2 Å². The summed E-state index contributed by atoms with van der Waals surface area (Å²) in [6.45, 7) is 4.47. The Labute approximate surface area is 109 Å². The van der Waals surface area contributed by atoms with Crippen LogP contribution in [0.5, 0.6) is 0 Å². The summed E-state index contributed by atoms with van der Waals surface area (Å²) in [7, 11) is 0. The molecule has 84 valence electrons. The van der Waals surface area contributed by atoms with Crippen molar-refractivity contribution in [3.8, 4) is 0 Å². The number of halogens is 2. The van der Waals surface area contributed by atoms with Crippen molar-refractivity contribution in [3.63, 3.8) is 0 Å². The van der Waals surface area contributed by atoms with Gasteiger partial charge in [-0.2, -0.15) is 0 Å². The van der Waals surface area contributed by atoms with Gasteiger partial charge in [0.25, 0.3) is 0 Å². The Balaban J connectivity index is 2.16.